The van der Waals surface area contributed by atoms with Gasteiger partial charge in [0.2, 0.25) is 5.69 Å². The summed E-state index contributed by atoms with van der Waals surface area (Å²) in [6.07, 6.45) is 0.781. The molecule has 0 bridgehead atoms. The quantitative estimate of drug-likeness (QED) is 0.667. The van der Waals surface area contributed by atoms with Crippen molar-refractivity contribution < 1.29 is 9.72 Å². The number of nitrogens with one attached hydrogen (secondary N) is 2. The highest BCUT2D eigenvalue weighted by molar-refractivity contribution is 6.30. The molecule has 2 unspecified atom stereocenters. The highest BCUT2D eigenvalue weighted by Gasteiger charge is 2.41. The number of H-pyrrole nitrogens is 1. The van der Waals surface area contributed by atoms with Gasteiger partial charge in [0.1, 0.15) is 5.69 Å². The number of carbonyl (C=O) groups excluding carboxylic acids is 1. The number of halogens is 1. The number of aromatic amines is 1. The van der Waals surface area contributed by atoms with Crippen molar-refractivity contribution in [2.75, 3.05) is 0 Å². The number of hydrogen-bond acceptors (Lipinski definition) is 4. The van der Waals surface area contributed by atoms with Crippen LogP contribution in [0.5, 0.6) is 0 Å². The van der Waals surface area contributed by atoms with Gasteiger partial charge in [-0.3, -0.25) is 20.0 Å². The predicted molar refractivity (Wildman–Crippen MR) is 80.0 cm³/mol. The Balaban J connectivity index is 1.71. The van der Waals surface area contributed by atoms with Crippen molar-refractivity contribution >= 4 is 23.2 Å². The number of rotatable bonds is 4. The van der Waals surface area contributed by atoms with E-state index in [4.69, 9.17) is 11.6 Å². The molecular weight excluding hydrogens is 308 g/mol. The van der Waals surface area contributed by atoms with Crippen LogP contribution in [0, 0.1) is 17.0 Å². The molecule has 1 aromatic heterocycles. The molecule has 2 atom stereocenters. The fraction of sp³-hybridized carbons (Fsp3) is 0.286. The molecule has 1 saturated carbocycles. The Bertz CT molecular complexity index is 758. The van der Waals surface area contributed by atoms with Gasteiger partial charge in [0, 0.05) is 17.0 Å². The van der Waals surface area contributed by atoms with Crippen LogP contribution in [0.1, 0.15) is 34.1 Å². The molecule has 0 saturated heterocycles. The lowest BCUT2D eigenvalue weighted by atomic mass is 10.1. The Hall–Kier alpha value is -2.41. The van der Waals surface area contributed by atoms with Crippen LogP contribution >= 0.6 is 11.6 Å². The van der Waals surface area contributed by atoms with Crippen LogP contribution in [-0.2, 0) is 0 Å². The maximum absolute atomic E-state index is 12.2. The molecule has 1 amide bonds. The van der Waals surface area contributed by atoms with Gasteiger partial charge in [-0.2, -0.15) is 5.10 Å². The molecule has 22 heavy (non-hydrogen) atoms. The summed E-state index contributed by atoms with van der Waals surface area (Å²) in [4.78, 5) is 22.5. The monoisotopic (exact) mass is 320 g/mol. The molecule has 1 fully saturated rings. The van der Waals surface area contributed by atoms with E-state index >= 15 is 0 Å². The average Bonchev–Trinajstić information content (AvgIpc) is 3.10. The normalized spacial score (nSPS) is 19.7. The van der Waals surface area contributed by atoms with Crippen molar-refractivity contribution in [3.05, 3.63) is 56.4 Å². The smallest absolute Gasteiger partial charge is 0.322 e. The second-order valence-electron chi connectivity index (χ2n) is 5.28. The highest BCUT2D eigenvalue weighted by Crippen LogP contribution is 2.41. The zero-order chi connectivity index (χ0) is 15.9. The first-order valence-corrected chi connectivity index (χ1v) is 7.11. The summed E-state index contributed by atoms with van der Waals surface area (Å²) in [5.74, 6) is -0.354. The van der Waals surface area contributed by atoms with Crippen molar-refractivity contribution in [3.8, 4) is 0 Å². The van der Waals surface area contributed by atoms with Crippen LogP contribution in [0.25, 0.3) is 0 Å². The van der Waals surface area contributed by atoms with Crippen molar-refractivity contribution in [2.45, 2.75) is 25.3 Å². The minimum Gasteiger partial charge on any atom is -0.347 e. The molecule has 114 valence electrons. The molecule has 1 aromatic carbocycles. The number of aromatic nitrogens is 2. The molecule has 0 spiro atoms. The van der Waals surface area contributed by atoms with Crippen molar-refractivity contribution in [3.63, 3.8) is 0 Å². The molecule has 2 N–H and O–H groups in total. The Morgan fingerprint density at radius 2 is 2.32 bits per heavy atom. The number of amides is 1. The number of nitrogens with zero attached hydrogens (tertiary/aromatic N) is 2. The fourth-order valence-corrected chi connectivity index (χ4v) is 2.70. The summed E-state index contributed by atoms with van der Waals surface area (Å²) in [7, 11) is 0. The number of hydrogen-bond donors (Lipinski definition) is 2. The van der Waals surface area contributed by atoms with Crippen LogP contribution in [0.4, 0.5) is 5.69 Å². The molecule has 0 radical (unpaired) electrons. The van der Waals surface area contributed by atoms with Gasteiger partial charge < -0.3 is 5.32 Å². The van der Waals surface area contributed by atoms with Crippen LogP contribution in [0.15, 0.2) is 24.3 Å². The Labute approximate surface area is 130 Å². The molecule has 1 aliphatic carbocycles. The minimum atomic E-state index is -0.602. The van der Waals surface area contributed by atoms with E-state index in [-0.39, 0.29) is 29.0 Å². The maximum Gasteiger partial charge on any atom is 0.322 e. The van der Waals surface area contributed by atoms with Gasteiger partial charge in [0.25, 0.3) is 5.91 Å². The second-order valence-corrected chi connectivity index (χ2v) is 5.72. The summed E-state index contributed by atoms with van der Waals surface area (Å²) < 4.78 is 0. The van der Waals surface area contributed by atoms with Gasteiger partial charge in [-0.25, -0.2) is 0 Å². The van der Waals surface area contributed by atoms with E-state index in [0.29, 0.717) is 5.02 Å². The van der Waals surface area contributed by atoms with E-state index in [2.05, 4.69) is 15.5 Å². The lowest BCUT2D eigenvalue weighted by molar-refractivity contribution is -0.385. The van der Waals surface area contributed by atoms with E-state index in [9.17, 15) is 14.9 Å². The molecular formula is C14H13ClN4O3. The minimum absolute atomic E-state index is 0.0532. The molecule has 2 aromatic rings. The number of nitro groups is 1. The zero-order valence-electron chi connectivity index (χ0n) is 11.7. The van der Waals surface area contributed by atoms with Gasteiger partial charge in [-0.05, 0) is 31.0 Å². The summed E-state index contributed by atoms with van der Waals surface area (Å²) in [5, 5.41) is 20.6. The van der Waals surface area contributed by atoms with Crippen molar-refractivity contribution in [1.29, 1.82) is 0 Å². The molecule has 7 nitrogen and oxygen atoms in total. The van der Waals surface area contributed by atoms with Crippen LogP contribution in [0.2, 0.25) is 5.02 Å². The highest BCUT2D eigenvalue weighted by atomic mass is 35.5. The van der Waals surface area contributed by atoms with E-state index in [1.807, 2.05) is 18.2 Å². The Morgan fingerprint density at radius 1 is 1.55 bits per heavy atom. The molecule has 1 aliphatic rings. The second kappa shape index (κ2) is 5.42. The van der Waals surface area contributed by atoms with Crippen molar-refractivity contribution in [2.24, 2.45) is 0 Å². The Kier molecular flexibility index (Phi) is 3.58. The van der Waals surface area contributed by atoms with Gasteiger partial charge >= 0.3 is 5.69 Å². The molecule has 3 rings (SSSR count). The van der Waals surface area contributed by atoms with Gasteiger partial charge in [-0.15, -0.1) is 0 Å². The van der Waals surface area contributed by atoms with Gasteiger partial charge in [-0.1, -0.05) is 23.7 Å². The number of aryl methyl sites for hydroxylation is 1. The fourth-order valence-electron chi connectivity index (χ4n) is 2.50. The third-order valence-electron chi connectivity index (χ3n) is 3.70. The van der Waals surface area contributed by atoms with E-state index in [1.54, 1.807) is 6.07 Å². The molecule has 0 aliphatic heterocycles. The summed E-state index contributed by atoms with van der Waals surface area (Å²) >= 11 is 5.95. The van der Waals surface area contributed by atoms with E-state index in [0.717, 1.165) is 12.0 Å². The number of benzene rings is 1. The first-order chi connectivity index (χ1) is 10.5. The largest absolute Gasteiger partial charge is 0.347 e. The zero-order valence-corrected chi connectivity index (χ0v) is 12.4. The summed E-state index contributed by atoms with van der Waals surface area (Å²) in [5.41, 5.74) is 0.847. The number of carbonyl (C=O) groups is 1. The van der Waals surface area contributed by atoms with E-state index < -0.39 is 10.8 Å². The topological polar surface area (TPSA) is 101 Å². The third-order valence-corrected chi connectivity index (χ3v) is 3.93. The first-order valence-electron chi connectivity index (χ1n) is 6.73. The van der Waals surface area contributed by atoms with Crippen LogP contribution in [0.3, 0.4) is 0 Å². The Morgan fingerprint density at radius 3 is 3.00 bits per heavy atom. The van der Waals surface area contributed by atoms with E-state index in [1.165, 1.54) is 6.92 Å². The lowest BCUT2D eigenvalue weighted by Crippen LogP contribution is -2.27. The first kappa shape index (κ1) is 14.5. The van der Waals surface area contributed by atoms with Crippen LogP contribution in [-0.4, -0.2) is 27.1 Å². The predicted octanol–water partition coefficient (Wildman–Crippen LogP) is 2.57. The molecule has 8 heteroatoms. The third kappa shape index (κ3) is 2.67. The van der Waals surface area contributed by atoms with Gasteiger partial charge in [0.15, 0.2) is 0 Å². The summed E-state index contributed by atoms with van der Waals surface area (Å²) in [6, 6.07) is 7.40. The lowest BCUT2D eigenvalue weighted by Gasteiger charge is -2.03. The summed E-state index contributed by atoms with van der Waals surface area (Å²) in [6.45, 7) is 1.51. The van der Waals surface area contributed by atoms with Crippen LogP contribution < -0.4 is 5.32 Å². The standard InChI is InChI=1S/C14H13ClN4O3/c1-7-13(19(21)22)12(18-17-7)14(20)16-11-6-10(11)8-3-2-4-9(15)5-8/h2-5,10-11H,6H2,1H3,(H,16,20)(H,17,18). The van der Waals surface area contributed by atoms with Gasteiger partial charge in [0.05, 0.1) is 4.92 Å². The molecule has 1 heterocycles. The van der Waals surface area contributed by atoms with Crippen molar-refractivity contribution in [1.82, 2.24) is 15.5 Å². The maximum atomic E-state index is 12.2. The SMILES string of the molecule is Cc1[nH]nc(C(=O)NC2CC2c2cccc(Cl)c2)c1[N+](=O)[O-]. The average molecular weight is 321 g/mol.